The van der Waals surface area contributed by atoms with Gasteiger partial charge in [0.25, 0.3) is 0 Å². The van der Waals surface area contributed by atoms with E-state index in [4.69, 9.17) is 10.2 Å². The average molecular weight is 194 g/mol. The molecule has 0 bridgehead atoms. The highest BCUT2D eigenvalue weighted by Crippen LogP contribution is 2.38. The summed E-state index contributed by atoms with van der Waals surface area (Å²) in [7, 11) is 0. The molecule has 0 saturated carbocycles. The van der Waals surface area contributed by atoms with Gasteiger partial charge in [-0.15, -0.1) is 0 Å². The molecule has 0 radical (unpaired) electrons. The molecule has 1 atom stereocenters. The molecular weight excluding hydrogens is 187 g/mol. The van der Waals surface area contributed by atoms with Gasteiger partial charge in [0, 0.05) is 13.0 Å². The van der Waals surface area contributed by atoms with Crippen molar-refractivity contribution in [3.63, 3.8) is 0 Å². The van der Waals surface area contributed by atoms with Gasteiger partial charge in [-0.2, -0.15) is 22.0 Å². The van der Waals surface area contributed by atoms with Gasteiger partial charge in [0.1, 0.15) is 6.10 Å². The van der Waals surface area contributed by atoms with E-state index in [9.17, 15) is 22.0 Å². The number of rotatable bonds is 3. The summed E-state index contributed by atoms with van der Waals surface area (Å²) in [6.45, 7) is -0.924. The molecule has 0 aromatic heterocycles. The van der Waals surface area contributed by atoms with Crippen LogP contribution in [0.3, 0.4) is 0 Å². The van der Waals surface area contributed by atoms with Crippen LogP contribution in [0.1, 0.15) is 6.42 Å². The fourth-order valence-electron chi connectivity index (χ4n) is 0.492. The SMILES string of the molecule is OCCC(O)C(F)(F)C(F)(F)F. The van der Waals surface area contributed by atoms with E-state index in [1.165, 1.54) is 0 Å². The average Bonchev–Trinajstić information content (AvgIpc) is 1.85. The van der Waals surface area contributed by atoms with Crippen molar-refractivity contribution in [2.45, 2.75) is 24.6 Å². The van der Waals surface area contributed by atoms with Crippen molar-refractivity contribution in [1.29, 1.82) is 0 Å². The van der Waals surface area contributed by atoms with Crippen LogP contribution in [-0.2, 0) is 0 Å². The van der Waals surface area contributed by atoms with E-state index in [1.54, 1.807) is 0 Å². The summed E-state index contributed by atoms with van der Waals surface area (Å²) in [6.07, 6.45) is -9.67. The molecule has 0 spiro atoms. The molecule has 2 nitrogen and oxygen atoms in total. The summed E-state index contributed by atoms with van der Waals surface area (Å²) in [5.74, 6) is -5.16. The van der Waals surface area contributed by atoms with Gasteiger partial charge in [-0.3, -0.25) is 0 Å². The molecule has 0 aliphatic carbocycles. The standard InChI is InChI=1S/C5H7F5O2/c6-4(7,5(8,9)10)3(12)1-2-11/h3,11-12H,1-2H2. The summed E-state index contributed by atoms with van der Waals surface area (Å²) in [5, 5.41) is 16.3. The first-order chi connectivity index (χ1) is 5.23. The van der Waals surface area contributed by atoms with Crippen LogP contribution in [-0.4, -0.2) is 35.0 Å². The minimum absolute atomic E-state index is 0.924. The molecule has 0 aliphatic heterocycles. The van der Waals surface area contributed by atoms with Crippen molar-refractivity contribution in [3.05, 3.63) is 0 Å². The molecule has 0 aromatic carbocycles. The Balaban J connectivity index is 4.38. The zero-order valence-electron chi connectivity index (χ0n) is 5.78. The summed E-state index contributed by atoms with van der Waals surface area (Å²) < 4.78 is 58.3. The van der Waals surface area contributed by atoms with E-state index in [2.05, 4.69) is 0 Å². The van der Waals surface area contributed by atoms with Gasteiger partial charge >= 0.3 is 12.1 Å². The molecule has 0 saturated heterocycles. The first-order valence-corrected chi connectivity index (χ1v) is 2.97. The second-order valence-electron chi connectivity index (χ2n) is 2.15. The first kappa shape index (κ1) is 11.6. The monoisotopic (exact) mass is 194 g/mol. The lowest BCUT2D eigenvalue weighted by molar-refractivity contribution is -0.314. The second-order valence-corrected chi connectivity index (χ2v) is 2.15. The van der Waals surface area contributed by atoms with Crippen LogP contribution in [0.25, 0.3) is 0 Å². The maximum absolute atomic E-state index is 12.0. The van der Waals surface area contributed by atoms with Crippen molar-refractivity contribution in [2.24, 2.45) is 0 Å². The van der Waals surface area contributed by atoms with E-state index in [1.807, 2.05) is 0 Å². The Bertz CT molecular complexity index is 143. The molecule has 0 aliphatic rings. The van der Waals surface area contributed by atoms with E-state index in [0.29, 0.717) is 0 Å². The maximum atomic E-state index is 12.0. The molecule has 0 rings (SSSR count). The Morgan fingerprint density at radius 2 is 1.50 bits per heavy atom. The third-order valence-corrected chi connectivity index (χ3v) is 1.20. The van der Waals surface area contributed by atoms with Crippen LogP contribution >= 0.6 is 0 Å². The minimum atomic E-state index is -5.78. The van der Waals surface area contributed by atoms with Crippen molar-refractivity contribution in [1.82, 2.24) is 0 Å². The minimum Gasteiger partial charge on any atom is -0.396 e. The molecule has 12 heavy (non-hydrogen) atoms. The Hall–Kier alpha value is -0.430. The number of alkyl halides is 5. The fraction of sp³-hybridized carbons (Fsp3) is 1.00. The van der Waals surface area contributed by atoms with Crippen LogP contribution in [0.2, 0.25) is 0 Å². The van der Waals surface area contributed by atoms with Crippen molar-refractivity contribution >= 4 is 0 Å². The van der Waals surface area contributed by atoms with Gasteiger partial charge in [-0.25, -0.2) is 0 Å². The van der Waals surface area contributed by atoms with Crippen LogP contribution in [0, 0.1) is 0 Å². The van der Waals surface area contributed by atoms with Gasteiger partial charge in [-0.1, -0.05) is 0 Å². The fourth-order valence-corrected chi connectivity index (χ4v) is 0.492. The lowest BCUT2D eigenvalue weighted by Gasteiger charge is -2.23. The Morgan fingerprint density at radius 1 is 1.08 bits per heavy atom. The maximum Gasteiger partial charge on any atom is 0.456 e. The Kier molecular flexibility index (Phi) is 3.40. The number of aliphatic hydroxyl groups excluding tert-OH is 2. The highest BCUT2D eigenvalue weighted by molar-refractivity contribution is 4.83. The normalized spacial score (nSPS) is 16.2. The van der Waals surface area contributed by atoms with Crippen molar-refractivity contribution in [2.75, 3.05) is 6.61 Å². The molecule has 74 valence electrons. The number of hydrogen-bond donors (Lipinski definition) is 2. The molecule has 1 unspecified atom stereocenters. The van der Waals surface area contributed by atoms with Gasteiger partial charge in [0.05, 0.1) is 0 Å². The molecule has 0 amide bonds. The van der Waals surface area contributed by atoms with Crippen LogP contribution in [0.15, 0.2) is 0 Å². The lowest BCUT2D eigenvalue weighted by Crippen LogP contribution is -2.47. The Morgan fingerprint density at radius 3 is 1.75 bits per heavy atom. The van der Waals surface area contributed by atoms with Crippen molar-refractivity contribution < 1.29 is 32.2 Å². The number of hydrogen-bond acceptors (Lipinski definition) is 2. The zero-order chi connectivity index (χ0) is 9.99. The summed E-state index contributed by atoms with van der Waals surface area (Å²) in [5.41, 5.74) is 0. The van der Waals surface area contributed by atoms with Gasteiger partial charge in [0.2, 0.25) is 0 Å². The molecule has 2 N–H and O–H groups in total. The van der Waals surface area contributed by atoms with Crippen LogP contribution < -0.4 is 0 Å². The molecule has 0 heterocycles. The predicted molar refractivity (Wildman–Crippen MR) is 28.7 cm³/mol. The quantitative estimate of drug-likeness (QED) is 0.656. The van der Waals surface area contributed by atoms with Gasteiger partial charge in [0.15, 0.2) is 0 Å². The third-order valence-electron chi connectivity index (χ3n) is 1.20. The lowest BCUT2D eigenvalue weighted by atomic mass is 10.1. The largest absolute Gasteiger partial charge is 0.456 e. The van der Waals surface area contributed by atoms with Gasteiger partial charge < -0.3 is 10.2 Å². The van der Waals surface area contributed by atoms with E-state index in [-0.39, 0.29) is 0 Å². The number of halogens is 5. The zero-order valence-corrected chi connectivity index (χ0v) is 5.78. The predicted octanol–water partition coefficient (Wildman–Crippen LogP) is 0.927. The first-order valence-electron chi connectivity index (χ1n) is 2.97. The molecular formula is C5H7F5O2. The van der Waals surface area contributed by atoms with E-state index in [0.717, 1.165) is 0 Å². The van der Waals surface area contributed by atoms with Crippen molar-refractivity contribution in [3.8, 4) is 0 Å². The smallest absolute Gasteiger partial charge is 0.396 e. The van der Waals surface area contributed by atoms with Crippen LogP contribution in [0.5, 0.6) is 0 Å². The summed E-state index contributed by atoms with van der Waals surface area (Å²) in [6, 6.07) is 0. The summed E-state index contributed by atoms with van der Waals surface area (Å²) >= 11 is 0. The molecule has 7 heteroatoms. The Labute approximate surface area is 64.6 Å². The van der Waals surface area contributed by atoms with E-state index < -0.39 is 31.2 Å². The molecule has 0 aromatic rings. The highest BCUT2D eigenvalue weighted by atomic mass is 19.4. The van der Waals surface area contributed by atoms with Gasteiger partial charge in [-0.05, 0) is 0 Å². The number of aliphatic hydroxyl groups is 2. The second kappa shape index (κ2) is 3.53. The van der Waals surface area contributed by atoms with E-state index >= 15 is 0 Å². The topological polar surface area (TPSA) is 40.5 Å². The third kappa shape index (κ3) is 2.28. The highest BCUT2D eigenvalue weighted by Gasteiger charge is 2.61. The summed E-state index contributed by atoms with van der Waals surface area (Å²) in [4.78, 5) is 0. The van der Waals surface area contributed by atoms with Crippen LogP contribution in [0.4, 0.5) is 22.0 Å². The molecule has 0 fully saturated rings.